The molecule has 4 aromatic rings. The summed E-state index contributed by atoms with van der Waals surface area (Å²) in [5, 5.41) is 20.8. The Bertz CT molecular complexity index is 1030. The molecule has 6 nitrogen and oxygen atoms in total. The lowest BCUT2D eigenvalue weighted by Gasteiger charge is -2.03. The highest BCUT2D eigenvalue weighted by Gasteiger charge is 2.18. The smallest absolute Gasteiger partial charge is 0.247 e. The number of thioether (sulfide) groups is 1. The van der Waals surface area contributed by atoms with Crippen molar-refractivity contribution < 1.29 is 4.42 Å². The summed E-state index contributed by atoms with van der Waals surface area (Å²) in [4.78, 5) is 0. The maximum Gasteiger partial charge on any atom is 0.247 e. The minimum absolute atomic E-state index is 0.0189. The number of hydrogen-bond acceptors (Lipinski definition) is 8. The van der Waals surface area contributed by atoms with E-state index in [1.54, 1.807) is 11.8 Å². The topological polar surface area (TPSA) is 76.7 Å². The molecule has 1 N–H and O–H groups in total. The second-order valence-corrected chi connectivity index (χ2v) is 8.69. The Hall–Kier alpha value is -2.71. The van der Waals surface area contributed by atoms with Crippen molar-refractivity contribution in [3.05, 3.63) is 66.1 Å². The molecule has 0 saturated heterocycles. The highest BCUT2D eigenvalue weighted by molar-refractivity contribution is 8.01. The molecule has 0 spiro atoms. The molecule has 0 unspecified atom stereocenters. The maximum atomic E-state index is 5.83. The Labute approximate surface area is 171 Å². The largest absolute Gasteiger partial charge is 0.419 e. The molecule has 28 heavy (non-hydrogen) atoms. The van der Waals surface area contributed by atoms with Crippen LogP contribution in [-0.4, -0.2) is 20.4 Å². The number of nitrogens with zero attached hydrogens (tertiary/aromatic N) is 4. The Morgan fingerprint density at radius 1 is 1.00 bits per heavy atom. The van der Waals surface area contributed by atoms with Gasteiger partial charge in [-0.2, -0.15) is 0 Å². The van der Waals surface area contributed by atoms with Gasteiger partial charge in [0.2, 0.25) is 16.9 Å². The molecule has 0 radical (unpaired) electrons. The van der Waals surface area contributed by atoms with E-state index in [-0.39, 0.29) is 5.25 Å². The first-order valence-corrected chi connectivity index (χ1v) is 10.7. The minimum atomic E-state index is -0.0189. The number of aryl methyl sites for hydroxylation is 1. The second-order valence-electron chi connectivity index (χ2n) is 6.12. The highest BCUT2D eigenvalue weighted by atomic mass is 32.2. The van der Waals surface area contributed by atoms with Gasteiger partial charge in [0.1, 0.15) is 0 Å². The number of benzene rings is 2. The summed E-state index contributed by atoms with van der Waals surface area (Å²) in [5.74, 6) is 1.10. The first-order valence-electron chi connectivity index (χ1n) is 8.96. The molecular weight excluding hydrogens is 390 g/mol. The van der Waals surface area contributed by atoms with Crippen molar-refractivity contribution in [3.8, 4) is 11.5 Å². The van der Waals surface area contributed by atoms with Gasteiger partial charge in [-0.25, -0.2) is 0 Å². The van der Waals surface area contributed by atoms with Gasteiger partial charge in [0, 0.05) is 11.3 Å². The number of rotatable bonds is 7. The molecule has 1 atom stereocenters. The van der Waals surface area contributed by atoms with E-state index >= 15 is 0 Å². The summed E-state index contributed by atoms with van der Waals surface area (Å²) in [7, 11) is 0. The Morgan fingerprint density at radius 3 is 2.54 bits per heavy atom. The van der Waals surface area contributed by atoms with Crippen LogP contribution in [0.25, 0.3) is 11.5 Å². The van der Waals surface area contributed by atoms with Gasteiger partial charge in [-0.3, -0.25) is 0 Å². The first kappa shape index (κ1) is 18.6. The standard InChI is InChI=1S/C20H19N5OS2/c1-3-14-9-11-16(12-10-14)21-19-24-25-20(28-19)27-13(2)17-22-23-18(26-17)15-7-5-4-6-8-15/h4-13H,3H2,1-2H3,(H,21,24)/t13-/m0/s1. The van der Waals surface area contributed by atoms with E-state index in [0.29, 0.717) is 11.8 Å². The van der Waals surface area contributed by atoms with Gasteiger partial charge in [-0.1, -0.05) is 60.4 Å². The third-order valence-corrected chi connectivity index (χ3v) is 6.12. The van der Waals surface area contributed by atoms with Crippen molar-refractivity contribution in [1.82, 2.24) is 20.4 Å². The summed E-state index contributed by atoms with van der Waals surface area (Å²) in [5.41, 5.74) is 3.22. The van der Waals surface area contributed by atoms with Crippen LogP contribution in [0.2, 0.25) is 0 Å². The average molecular weight is 410 g/mol. The van der Waals surface area contributed by atoms with Gasteiger partial charge in [0.05, 0.1) is 5.25 Å². The summed E-state index contributed by atoms with van der Waals surface area (Å²) in [6.45, 7) is 4.16. The lowest BCUT2D eigenvalue weighted by molar-refractivity contribution is 0.509. The van der Waals surface area contributed by atoms with E-state index in [2.05, 4.69) is 56.9 Å². The SMILES string of the molecule is CCc1ccc(Nc2nnc(S[C@@H](C)c3nnc(-c4ccccc4)o3)s2)cc1. The fourth-order valence-electron chi connectivity index (χ4n) is 2.55. The van der Waals surface area contributed by atoms with Crippen LogP contribution in [-0.2, 0) is 6.42 Å². The molecule has 0 amide bonds. The van der Waals surface area contributed by atoms with Crippen molar-refractivity contribution in [2.45, 2.75) is 29.9 Å². The molecule has 0 fully saturated rings. The maximum absolute atomic E-state index is 5.83. The summed E-state index contributed by atoms with van der Waals surface area (Å²) >= 11 is 3.05. The lowest BCUT2D eigenvalue weighted by atomic mass is 10.1. The molecule has 4 rings (SSSR count). The van der Waals surface area contributed by atoms with Crippen LogP contribution in [0.3, 0.4) is 0 Å². The van der Waals surface area contributed by atoms with Crippen LogP contribution in [0, 0.1) is 0 Å². The molecule has 0 aliphatic carbocycles. The number of hydrogen-bond donors (Lipinski definition) is 1. The number of anilines is 2. The van der Waals surface area contributed by atoms with E-state index in [4.69, 9.17) is 4.42 Å². The van der Waals surface area contributed by atoms with Gasteiger partial charge in [-0.15, -0.1) is 20.4 Å². The fourth-order valence-corrected chi connectivity index (χ4v) is 4.50. The Balaban J connectivity index is 1.40. The molecule has 2 aromatic heterocycles. The quantitative estimate of drug-likeness (QED) is 0.390. The molecule has 0 aliphatic heterocycles. The van der Waals surface area contributed by atoms with Crippen LogP contribution in [0.15, 0.2) is 63.4 Å². The predicted octanol–water partition coefficient (Wildman–Crippen LogP) is 5.75. The van der Waals surface area contributed by atoms with Crippen molar-refractivity contribution in [2.24, 2.45) is 0 Å². The van der Waals surface area contributed by atoms with Crippen molar-refractivity contribution >= 4 is 33.9 Å². The third kappa shape index (κ3) is 4.40. The van der Waals surface area contributed by atoms with Crippen molar-refractivity contribution in [3.63, 3.8) is 0 Å². The zero-order chi connectivity index (χ0) is 19.3. The van der Waals surface area contributed by atoms with Gasteiger partial charge in [-0.05, 0) is 43.2 Å². The second kappa shape index (κ2) is 8.53. The van der Waals surface area contributed by atoms with E-state index in [9.17, 15) is 0 Å². The van der Waals surface area contributed by atoms with Crippen LogP contribution >= 0.6 is 23.1 Å². The van der Waals surface area contributed by atoms with Crippen molar-refractivity contribution in [2.75, 3.05) is 5.32 Å². The summed E-state index contributed by atoms with van der Waals surface area (Å²) in [6.07, 6.45) is 1.03. The molecule has 0 aliphatic rings. The molecule has 8 heteroatoms. The van der Waals surface area contributed by atoms with Gasteiger partial charge >= 0.3 is 0 Å². The molecule has 2 heterocycles. The zero-order valence-corrected chi connectivity index (χ0v) is 17.1. The first-order chi connectivity index (χ1) is 13.7. The average Bonchev–Trinajstić information content (AvgIpc) is 3.39. The zero-order valence-electron chi connectivity index (χ0n) is 15.5. The monoisotopic (exact) mass is 409 g/mol. The summed E-state index contributed by atoms with van der Waals surface area (Å²) < 4.78 is 6.67. The van der Waals surface area contributed by atoms with Crippen molar-refractivity contribution in [1.29, 1.82) is 0 Å². The normalized spacial score (nSPS) is 12.1. The molecule has 2 aromatic carbocycles. The van der Waals surface area contributed by atoms with E-state index in [1.807, 2.05) is 37.3 Å². The Kier molecular flexibility index (Phi) is 5.68. The van der Waals surface area contributed by atoms with Crippen LogP contribution in [0.1, 0.15) is 30.6 Å². The Morgan fingerprint density at radius 2 is 1.79 bits per heavy atom. The van der Waals surface area contributed by atoms with Gasteiger partial charge in [0.25, 0.3) is 0 Å². The van der Waals surface area contributed by atoms with E-state index < -0.39 is 0 Å². The van der Waals surface area contributed by atoms with Crippen LogP contribution in [0.5, 0.6) is 0 Å². The molecular formula is C20H19N5OS2. The fraction of sp³-hybridized carbons (Fsp3) is 0.200. The van der Waals surface area contributed by atoms with E-state index in [1.165, 1.54) is 16.9 Å². The minimum Gasteiger partial charge on any atom is -0.419 e. The molecule has 142 valence electrons. The van der Waals surface area contributed by atoms with Crippen LogP contribution < -0.4 is 5.32 Å². The van der Waals surface area contributed by atoms with Crippen LogP contribution in [0.4, 0.5) is 10.8 Å². The number of aromatic nitrogens is 4. The lowest BCUT2D eigenvalue weighted by Crippen LogP contribution is -1.89. The van der Waals surface area contributed by atoms with E-state index in [0.717, 1.165) is 27.1 Å². The number of nitrogens with one attached hydrogen (secondary N) is 1. The molecule has 0 bridgehead atoms. The van der Waals surface area contributed by atoms with Gasteiger partial charge < -0.3 is 9.73 Å². The summed E-state index contributed by atoms with van der Waals surface area (Å²) in [6, 6.07) is 18.1. The highest BCUT2D eigenvalue weighted by Crippen LogP contribution is 2.38. The predicted molar refractivity (Wildman–Crippen MR) is 113 cm³/mol. The van der Waals surface area contributed by atoms with Gasteiger partial charge in [0.15, 0.2) is 4.34 Å². The molecule has 0 saturated carbocycles. The third-order valence-electron chi connectivity index (χ3n) is 4.11.